The predicted octanol–water partition coefficient (Wildman–Crippen LogP) is 1.45. The molecule has 25 heavy (non-hydrogen) atoms. The van der Waals surface area contributed by atoms with Gasteiger partial charge in [-0.3, -0.25) is 0 Å². The summed E-state index contributed by atoms with van der Waals surface area (Å²) in [7, 11) is 3.97. The maximum absolute atomic E-state index is 5.48. The first kappa shape index (κ1) is 17.2. The predicted molar refractivity (Wildman–Crippen MR) is 98.6 cm³/mol. The molecule has 1 aliphatic rings. The summed E-state index contributed by atoms with van der Waals surface area (Å²) >= 11 is 0. The number of rotatable bonds is 5. The molecule has 134 valence electrons. The smallest absolute Gasteiger partial charge is 0.228 e. The minimum Gasteiger partial charge on any atom is -0.478 e. The van der Waals surface area contributed by atoms with Crippen molar-refractivity contribution in [1.29, 1.82) is 0 Å². The van der Waals surface area contributed by atoms with Gasteiger partial charge in [0.2, 0.25) is 17.8 Å². The lowest BCUT2D eigenvalue weighted by molar-refractivity contribution is 0.326. The Morgan fingerprint density at radius 3 is 2.24 bits per heavy atom. The lowest BCUT2D eigenvalue weighted by atomic mass is 10.4. The molecule has 0 unspecified atom stereocenters. The van der Waals surface area contributed by atoms with Crippen molar-refractivity contribution in [3.05, 3.63) is 24.5 Å². The molecule has 0 aliphatic carbocycles. The van der Waals surface area contributed by atoms with Gasteiger partial charge in [-0.15, -0.1) is 0 Å². The van der Waals surface area contributed by atoms with Crippen LogP contribution in [-0.4, -0.2) is 66.8 Å². The Morgan fingerprint density at radius 2 is 1.60 bits per heavy atom. The van der Waals surface area contributed by atoms with Gasteiger partial charge in [-0.1, -0.05) is 0 Å². The first-order valence-corrected chi connectivity index (χ1v) is 8.63. The Kier molecular flexibility index (Phi) is 5.47. The SMILES string of the molecule is CCOc1ccnc(N2CCCN(c3nccc(N(C)C)n3)CC2)n1. The molecule has 2 aromatic rings. The molecule has 8 heteroatoms. The summed E-state index contributed by atoms with van der Waals surface area (Å²) in [6.45, 7) is 6.03. The minimum absolute atomic E-state index is 0.601. The summed E-state index contributed by atoms with van der Waals surface area (Å²) in [6, 6.07) is 3.71. The zero-order valence-electron chi connectivity index (χ0n) is 15.1. The molecule has 0 radical (unpaired) electrons. The fraction of sp³-hybridized carbons (Fsp3) is 0.529. The molecule has 3 rings (SSSR count). The summed E-state index contributed by atoms with van der Waals surface area (Å²) in [6.07, 6.45) is 4.56. The number of aromatic nitrogens is 4. The van der Waals surface area contributed by atoms with Crippen LogP contribution in [-0.2, 0) is 0 Å². The van der Waals surface area contributed by atoms with Crippen LogP contribution in [0.15, 0.2) is 24.5 Å². The van der Waals surface area contributed by atoms with Crippen molar-refractivity contribution in [2.24, 2.45) is 0 Å². The van der Waals surface area contributed by atoms with E-state index in [1.165, 1.54) is 0 Å². The molecule has 0 aromatic carbocycles. The molecular formula is C17H25N7O. The van der Waals surface area contributed by atoms with Crippen molar-refractivity contribution in [2.45, 2.75) is 13.3 Å². The van der Waals surface area contributed by atoms with Crippen molar-refractivity contribution < 1.29 is 4.74 Å². The number of hydrogen-bond donors (Lipinski definition) is 0. The Morgan fingerprint density at radius 1 is 0.960 bits per heavy atom. The van der Waals surface area contributed by atoms with Crippen LogP contribution in [0.25, 0.3) is 0 Å². The maximum atomic E-state index is 5.48. The highest BCUT2D eigenvalue weighted by molar-refractivity contribution is 5.43. The summed E-state index contributed by atoms with van der Waals surface area (Å²) in [5.74, 6) is 3.03. The summed E-state index contributed by atoms with van der Waals surface area (Å²) in [5, 5.41) is 0. The van der Waals surface area contributed by atoms with Gasteiger partial charge in [-0.2, -0.15) is 9.97 Å². The molecule has 1 aliphatic heterocycles. The van der Waals surface area contributed by atoms with Crippen LogP contribution in [0.5, 0.6) is 5.88 Å². The van der Waals surface area contributed by atoms with Crippen molar-refractivity contribution in [2.75, 3.05) is 61.6 Å². The van der Waals surface area contributed by atoms with E-state index in [1.807, 2.05) is 38.2 Å². The zero-order valence-corrected chi connectivity index (χ0v) is 15.1. The lowest BCUT2D eigenvalue weighted by Gasteiger charge is -2.23. The number of anilines is 3. The monoisotopic (exact) mass is 343 g/mol. The molecule has 1 saturated heterocycles. The van der Waals surface area contributed by atoms with Crippen LogP contribution in [0.3, 0.4) is 0 Å². The average Bonchev–Trinajstić information content (AvgIpc) is 2.88. The Balaban J connectivity index is 1.70. The van der Waals surface area contributed by atoms with Crippen LogP contribution < -0.4 is 19.4 Å². The number of hydrogen-bond acceptors (Lipinski definition) is 8. The highest BCUT2D eigenvalue weighted by Gasteiger charge is 2.19. The first-order valence-electron chi connectivity index (χ1n) is 8.63. The van der Waals surface area contributed by atoms with E-state index in [1.54, 1.807) is 12.3 Å². The van der Waals surface area contributed by atoms with E-state index in [2.05, 4.69) is 29.7 Å². The number of nitrogens with zero attached hydrogens (tertiary/aromatic N) is 7. The Hall–Kier alpha value is -2.64. The standard InChI is InChI=1S/C17H25N7O/c1-4-25-15-7-9-19-17(21-15)24-11-5-10-23(12-13-24)16-18-8-6-14(20-16)22(2)3/h6-9H,4-5,10-13H2,1-3H3. The van der Waals surface area contributed by atoms with Gasteiger partial charge >= 0.3 is 0 Å². The Bertz CT molecular complexity index is 694. The van der Waals surface area contributed by atoms with Gasteiger partial charge in [0.05, 0.1) is 6.61 Å². The molecule has 1 fully saturated rings. The van der Waals surface area contributed by atoms with Crippen LogP contribution in [0.4, 0.5) is 17.7 Å². The second-order valence-electron chi connectivity index (χ2n) is 6.06. The quantitative estimate of drug-likeness (QED) is 0.808. The molecule has 8 nitrogen and oxygen atoms in total. The van der Waals surface area contributed by atoms with Gasteiger partial charge in [0.15, 0.2) is 0 Å². The second-order valence-corrected chi connectivity index (χ2v) is 6.06. The van der Waals surface area contributed by atoms with Gasteiger partial charge in [0, 0.05) is 58.7 Å². The fourth-order valence-electron chi connectivity index (χ4n) is 2.77. The van der Waals surface area contributed by atoms with Crippen LogP contribution in [0.1, 0.15) is 13.3 Å². The summed E-state index contributed by atoms with van der Waals surface area (Å²) in [4.78, 5) is 24.4. The molecule has 0 saturated carbocycles. The normalized spacial score (nSPS) is 15.0. The van der Waals surface area contributed by atoms with E-state index in [-0.39, 0.29) is 0 Å². The summed E-state index contributed by atoms with van der Waals surface area (Å²) < 4.78 is 5.48. The summed E-state index contributed by atoms with van der Waals surface area (Å²) in [5.41, 5.74) is 0. The molecule has 0 N–H and O–H groups in total. The van der Waals surface area contributed by atoms with E-state index in [0.717, 1.165) is 50.3 Å². The minimum atomic E-state index is 0.601. The molecule has 2 aromatic heterocycles. The van der Waals surface area contributed by atoms with Crippen LogP contribution in [0.2, 0.25) is 0 Å². The van der Waals surface area contributed by atoms with Gasteiger partial charge < -0.3 is 19.4 Å². The second kappa shape index (κ2) is 7.96. The molecule has 0 amide bonds. The third-order valence-corrected chi connectivity index (χ3v) is 4.06. The fourth-order valence-corrected chi connectivity index (χ4v) is 2.77. The van der Waals surface area contributed by atoms with Crippen molar-refractivity contribution >= 4 is 17.7 Å². The average molecular weight is 343 g/mol. The molecule has 0 bridgehead atoms. The van der Waals surface area contributed by atoms with Crippen molar-refractivity contribution in [3.63, 3.8) is 0 Å². The lowest BCUT2D eigenvalue weighted by Crippen LogP contribution is -2.32. The van der Waals surface area contributed by atoms with E-state index in [0.29, 0.717) is 12.5 Å². The first-order chi connectivity index (χ1) is 12.2. The topological polar surface area (TPSA) is 70.5 Å². The molecular weight excluding hydrogens is 318 g/mol. The van der Waals surface area contributed by atoms with Gasteiger partial charge in [-0.05, 0) is 19.4 Å². The highest BCUT2D eigenvalue weighted by atomic mass is 16.5. The van der Waals surface area contributed by atoms with E-state index in [4.69, 9.17) is 4.74 Å². The molecule has 3 heterocycles. The van der Waals surface area contributed by atoms with Crippen LogP contribution >= 0.6 is 0 Å². The van der Waals surface area contributed by atoms with Gasteiger partial charge in [-0.25, -0.2) is 9.97 Å². The Labute approximate surface area is 148 Å². The van der Waals surface area contributed by atoms with Gasteiger partial charge in [0.25, 0.3) is 0 Å². The van der Waals surface area contributed by atoms with Gasteiger partial charge in [0.1, 0.15) is 5.82 Å². The van der Waals surface area contributed by atoms with E-state index in [9.17, 15) is 0 Å². The third-order valence-electron chi connectivity index (χ3n) is 4.06. The van der Waals surface area contributed by atoms with E-state index >= 15 is 0 Å². The van der Waals surface area contributed by atoms with Crippen molar-refractivity contribution in [3.8, 4) is 5.88 Å². The zero-order chi connectivity index (χ0) is 17.6. The van der Waals surface area contributed by atoms with Crippen molar-refractivity contribution in [1.82, 2.24) is 19.9 Å². The number of ether oxygens (including phenoxy) is 1. The molecule has 0 atom stereocenters. The van der Waals surface area contributed by atoms with E-state index < -0.39 is 0 Å². The largest absolute Gasteiger partial charge is 0.478 e. The molecule has 0 spiro atoms. The maximum Gasteiger partial charge on any atom is 0.228 e. The third kappa shape index (κ3) is 4.26. The highest BCUT2D eigenvalue weighted by Crippen LogP contribution is 2.18. The van der Waals surface area contributed by atoms with Crippen LogP contribution in [0, 0.1) is 0 Å².